The number of nitrogens with one attached hydrogen (secondary N) is 1. The van der Waals surface area contributed by atoms with Gasteiger partial charge in [0.2, 0.25) is 0 Å². The van der Waals surface area contributed by atoms with Crippen LogP contribution in [0.4, 0.5) is 11.8 Å². The zero-order chi connectivity index (χ0) is 23.4. The second-order valence-corrected chi connectivity index (χ2v) is 8.92. The minimum absolute atomic E-state index is 0.173. The second-order valence-electron chi connectivity index (χ2n) is 8.92. The highest BCUT2D eigenvalue weighted by Crippen LogP contribution is 2.37. The van der Waals surface area contributed by atoms with Crippen LogP contribution in [0.5, 0.6) is 0 Å². The van der Waals surface area contributed by atoms with Crippen LogP contribution in [-0.2, 0) is 0 Å². The van der Waals surface area contributed by atoms with Crippen molar-refractivity contribution in [2.24, 2.45) is 0 Å². The molecule has 0 amide bonds. The Hall–Kier alpha value is -3.98. The summed E-state index contributed by atoms with van der Waals surface area (Å²) in [7, 11) is 0. The lowest BCUT2D eigenvalue weighted by atomic mass is 9.95. The van der Waals surface area contributed by atoms with Gasteiger partial charge >= 0.3 is 0 Å². The largest absolute Gasteiger partial charge is 0.423 e. The number of nitrogens with zero attached hydrogens (tertiary/aromatic N) is 5. The predicted octanol–water partition coefficient (Wildman–Crippen LogP) is 4.01. The summed E-state index contributed by atoms with van der Waals surface area (Å²) in [5, 5.41) is 9.20. The van der Waals surface area contributed by atoms with Crippen molar-refractivity contribution in [1.82, 2.24) is 30.0 Å². The molecule has 3 aromatic heterocycles. The summed E-state index contributed by atoms with van der Waals surface area (Å²) in [5.74, 6) is 0.443. The minimum Gasteiger partial charge on any atom is -0.423 e. The highest BCUT2D eigenvalue weighted by Gasteiger charge is 2.24. The fraction of sp³-hybridized carbons (Fsp3) is 0.280. The molecule has 1 fully saturated rings. The van der Waals surface area contributed by atoms with Gasteiger partial charge in [-0.3, -0.25) is 0 Å². The van der Waals surface area contributed by atoms with Gasteiger partial charge in [-0.15, -0.1) is 0 Å². The number of hydrogen-bond acceptors (Lipinski definition) is 8. The van der Waals surface area contributed by atoms with Crippen molar-refractivity contribution >= 4 is 34.0 Å². The van der Waals surface area contributed by atoms with Gasteiger partial charge in [-0.1, -0.05) is 30.3 Å². The molecule has 1 aliphatic heterocycles. The van der Waals surface area contributed by atoms with Crippen LogP contribution in [0, 0.1) is 13.8 Å². The molecule has 9 nitrogen and oxygen atoms in total. The van der Waals surface area contributed by atoms with Crippen LogP contribution in [0.15, 0.2) is 41.1 Å². The van der Waals surface area contributed by atoms with Gasteiger partial charge in [0, 0.05) is 11.1 Å². The quantitative estimate of drug-likeness (QED) is 0.372. The molecule has 0 radical (unpaired) electrons. The number of nitrogen functional groups attached to an aromatic ring is 2. The van der Waals surface area contributed by atoms with E-state index in [1.165, 1.54) is 6.33 Å². The maximum atomic E-state index is 6.31. The lowest BCUT2D eigenvalue weighted by Gasteiger charge is -2.23. The molecule has 4 heterocycles. The molecule has 172 valence electrons. The summed E-state index contributed by atoms with van der Waals surface area (Å²) in [6.45, 7) is 6.01. The summed E-state index contributed by atoms with van der Waals surface area (Å²) in [6, 6.07) is 10.8. The van der Waals surface area contributed by atoms with E-state index in [9.17, 15) is 0 Å². The molecule has 0 atom stereocenters. The molecular formula is C25H26N8O. The van der Waals surface area contributed by atoms with Crippen molar-refractivity contribution in [3.05, 3.63) is 47.8 Å². The van der Waals surface area contributed by atoms with Gasteiger partial charge in [-0.05, 0) is 56.5 Å². The van der Waals surface area contributed by atoms with Crippen molar-refractivity contribution in [1.29, 1.82) is 0 Å². The lowest BCUT2D eigenvalue weighted by Crippen LogP contribution is -2.30. The molecule has 0 bridgehead atoms. The van der Waals surface area contributed by atoms with Crippen molar-refractivity contribution in [2.75, 3.05) is 24.6 Å². The summed E-state index contributed by atoms with van der Waals surface area (Å²) in [6.07, 6.45) is 3.52. The van der Waals surface area contributed by atoms with Crippen molar-refractivity contribution in [2.45, 2.75) is 32.7 Å². The highest BCUT2D eigenvalue weighted by atomic mass is 16.4. The highest BCUT2D eigenvalue weighted by molar-refractivity contribution is 5.99. The first-order valence-corrected chi connectivity index (χ1v) is 11.5. The summed E-state index contributed by atoms with van der Waals surface area (Å²) >= 11 is 0. The summed E-state index contributed by atoms with van der Waals surface area (Å²) < 4.78 is 7.68. The smallest absolute Gasteiger partial charge is 0.293 e. The monoisotopic (exact) mass is 454 g/mol. The van der Waals surface area contributed by atoms with Crippen LogP contribution in [0.2, 0.25) is 0 Å². The molecule has 5 N–H and O–H groups in total. The standard InChI is InChI=1S/C25H26N8O/c1-13-11-14(2)22-21(31-25(27)34-22)18(13)15-3-5-16(6-4-15)20-19-23(26)29-12-30-24(19)33(32-20)17-7-9-28-10-8-17/h3-6,11-12,17,28H,7-10H2,1-2H3,(H2,27,31)(H2,26,29,30). The molecule has 9 heteroatoms. The molecule has 34 heavy (non-hydrogen) atoms. The van der Waals surface area contributed by atoms with E-state index >= 15 is 0 Å². The Morgan fingerprint density at radius 2 is 1.74 bits per heavy atom. The maximum Gasteiger partial charge on any atom is 0.293 e. The minimum atomic E-state index is 0.173. The normalized spacial score (nSPS) is 14.9. The van der Waals surface area contributed by atoms with E-state index in [4.69, 9.17) is 21.0 Å². The summed E-state index contributed by atoms with van der Waals surface area (Å²) in [4.78, 5) is 13.2. The first kappa shape index (κ1) is 20.6. The molecule has 0 unspecified atom stereocenters. The van der Waals surface area contributed by atoms with E-state index in [1.807, 2.05) is 11.6 Å². The van der Waals surface area contributed by atoms with Gasteiger partial charge in [0.25, 0.3) is 6.01 Å². The molecule has 0 aliphatic carbocycles. The second kappa shape index (κ2) is 7.81. The Morgan fingerprint density at radius 3 is 2.50 bits per heavy atom. The predicted molar refractivity (Wildman–Crippen MR) is 133 cm³/mol. The van der Waals surface area contributed by atoms with Crippen molar-refractivity contribution < 1.29 is 4.42 Å². The van der Waals surface area contributed by atoms with E-state index in [2.05, 4.69) is 57.5 Å². The molecule has 0 saturated carbocycles. The number of anilines is 2. The molecule has 6 rings (SSSR count). The third-order valence-corrected chi connectivity index (χ3v) is 6.69. The molecule has 1 saturated heterocycles. The molecule has 1 aliphatic rings. The maximum absolute atomic E-state index is 6.31. The zero-order valence-electron chi connectivity index (χ0n) is 19.2. The number of benzene rings is 2. The van der Waals surface area contributed by atoms with Crippen LogP contribution in [0.25, 0.3) is 44.5 Å². The fourth-order valence-corrected chi connectivity index (χ4v) is 5.09. The molecule has 0 spiro atoms. The average Bonchev–Trinajstić information content (AvgIpc) is 3.42. The molecule has 2 aromatic carbocycles. The van der Waals surface area contributed by atoms with Crippen LogP contribution in [0.3, 0.4) is 0 Å². The molecule has 5 aromatic rings. The number of aryl methyl sites for hydroxylation is 2. The number of rotatable bonds is 3. The first-order chi connectivity index (χ1) is 16.5. The number of fused-ring (bicyclic) bond motifs is 2. The van der Waals surface area contributed by atoms with Gasteiger partial charge in [0.05, 0.1) is 11.4 Å². The third kappa shape index (κ3) is 3.19. The van der Waals surface area contributed by atoms with Gasteiger partial charge in [-0.2, -0.15) is 10.1 Å². The Balaban J connectivity index is 1.47. The number of piperidine rings is 1. The van der Waals surface area contributed by atoms with E-state index in [1.54, 1.807) is 0 Å². The van der Waals surface area contributed by atoms with E-state index in [0.717, 1.165) is 81.6 Å². The van der Waals surface area contributed by atoms with Gasteiger partial charge in [-0.25, -0.2) is 14.6 Å². The van der Waals surface area contributed by atoms with Crippen molar-refractivity contribution in [3.8, 4) is 22.4 Å². The van der Waals surface area contributed by atoms with Gasteiger partial charge in [0.1, 0.15) is 23.4 Å². The molecular weight excluding hydrogens is 428 g/mol. The van der Waals surface area contributed by atoms with Crippen LogP contribution in [0.1, 0.15) is 30.0 Å². The third-order valence-electron chi connectivity index (χ3n) is 6.69. The number of hydrogen-bond donors (Lipinski definition) is 3. The number of aromatic nitrogens is 5. The van der Waals surface area contributed by atoms with E-state index < -0.39 is 0 Å². The van der Waals surface area contributed by atoms with E-state index in [-0.39, 0.29) is 12.1 Å². The van der Waals surface area contributed by atoms with Crippen LogP contribution >= 0.6 is 0 Å². The lowest BCUT2D eigenvalue weighted by molar-refractivity contribution is 0.350. The van der Waals surface area contributed by atoms with Gasteiger partial charge < -0.3 is 21.2 Å². The number of oxazole rings is 1. The van der Waals surface area contributed by atoms with Crippen LogP contribution in [-0.4, -0.2) is 37.8 Å². The Morgan fingerprint density at radius 1 is 1.00 bits per heavy atom. The fourth-order valence-electron chi connectivity index (χ4n) is 5.09. The van der Waals surface area contributed by atoms with Crippen LogP contribution < -0.4 is 16.8 Å². The first-order valence-electron chi connectivity index (χ1n) is 11.5. The van der Waals surface area contributed by atoms with Crippen molar-refractivity contribution in [3.63, 3.8) is 0 Å². The SMILES string of the molecule is Cc1cc(C)c2oc(N)nc2c1-c1ccc(-c2nn(C3CCNCC3)c3ncnc(N)c23)cc1. The van der Waals surface area contributed by atoms with Gasteiger partial charge in [0.15, 0.2) is 11.2 Å². The summed E-state index contributed by atoms with van der Waals surface area (Å²) in [5.41, 5.74) is 20.4. The zero-order valence-corrected chi connectivity index (χ0v) is 19.2. The van der Waals surface area contributed by atoms with E-state index in [0.29, 0.717) is 5.82 Å². The number of nitrogens with two attached hydrogens (primary N) is 2. The average molecular weight is 455 g/mol. The Bertz CT molecular complexity index is 1530. The Labute approximate surface area is 196 Å². The topological polar surface area (TPSA) is 134 Å². The Kier molecular flexibility index (Phi) is 4.73.